The van der Waals surface area contributed by atoms with Crippen LogP contribution in [0.4, 0.5) is 0 Å². The van der Waals surface area contributed by atoms with Crippen molar-refractivity contribution in [2.75, 3.05) is 19.6 Å². The van der Waals surface area contributed by atoms with Gasteiger partial charge in [0.05, 0.1) is 12.4 Å². The first-order chi connectivity index (χ1) is 11.2. The van der Waals surface area contributed by atoms with Gasteiger partial charge in [-0.05, 0) is 37.5 Å². The summed E-state index contributed by atoms with van der Waals surface area (Å²) in [5, 5.41) is 6.65. The molecule has 3 fully saturated rings. The minimum atomic E-state index is 0.237. The maximum absolute atomic E-state index is 12.5. The van der Waals surface area contributed by atoms with E-state index >= 15 is 0 Å². The molecule has 2 atom stereocenters. The Balaban J connectivity index is 1.37. The van der Waals surface area contributed by atoms with Gasteiger partial charge < -0.3 is 15.5 Å². The quantitative estimate of drug-likeness (QED) is 0.819. The number of hydrogen-bond donors (Lipinski definition) is 2. The van der Waals surface area contributed by atoms with Gasteiger partial charge in [-0.2, -0.15) is 0 Å². The highest BCUT2D eigenvalue weighted by atomic mass is 16.2. The van der Waals surface area contributed by atoms with Gasteiger partial charge in [0.25, 0.3) is 0 Å². The molecular weight excluding hydrogens is 286 g/mol. The molecule has 0 aromatic carbocycles. The van der Waals surface area contributed by atoms with Crippen LogP contribution in [0.2, 0.25) is 0 Å². The van der Waals surface area contributed by atoms with E-state index in [9.17, 15) is 4.79 Å². The summed E-state index contributed by atoms with van der Waals surface area (Å²) in [6.45, 7) is 6.35. The maximum atomic E-state index is 12.5. The van der Waals surface area contributed by atoms with Gasteiger partial charge in [0, 0.05) is 19.1 Å². The fourth-order valence-electron chi connectivity index (χ4n) is 4.67. The number of piperidine rings is 1. The summed E-state index contributed by atoms with van der Waals surface area (Å²) < 4.78 is 0. The van der Waals surface area contributed by atoms with Crippen molar-refractivity contribution in [2.45, 2.75) is 70.3 Å². The standard InChI is InChI=1S/C19H33N3O/c1-15(21-18-9-3-2-4-10-18)20-13-19(23)22-12-11-16-7-5-6-8-17(16)14-22/h16-18,20-21H,1-14H2. The van der Waals surface area contributed by atoms with Crippen LogP contribution in [0.3, 0.4) is 0 Å². The van der Waals surface area contributed by atoms with E-state index in [4.69, 9.17) is 0 Å². The molecule has 4 heteroatoms. The number of fused-ring (bicyclic) bond motifs is 1. The van der Waals surface area contributed by atoms with Gasteiger partial charge in [-0.15, -0.1) is 0 Å². The van der Waals surface area contributed by atoms with E-state index in [2.05, 4.69) is 22.1 Å². The Kier molecular flexibility index (Phi) is 5.85. The minimum Gasteiger partial charge on any atom is -0.370 e. The lowest BCUT2D eigenvalue weighted by molar-refractivity contribution is -0.133. The zero-order valence-corrected chi connectivity index (χ0v) is 14.5. The number of nitrogens with zero attached hydrogens (tertiary/aromatic N) is 1. The molecule has 2 N–H and O–H groups in total. The summed E-state index contributed by atoms with van der Waals surface area (Å²) in [5.41, 5.74) is 0. The second-order valence-electron chi connectivity index (χ2n) is 7.74. The van der Waals surface area contributed by atoms with Crippen LogP contribution in [0.1, 0.15) is 64.2 Å². The molecule has 3 aliphatic rings. The van der Waals surface area contributed by atoms with Crippen molar-refractivity contribution < 1.29 is 4.79 Å². The Bertz CT molecular complexity index is 417. The molecule has 1 heterocycles. The molecule has 2 saturated carbocycles. The summed E-state index contributed by atoms with van der Waals surface area (Å²) in [6.07, 6.45) is 13.1. The fraction of sp³-hybridized carbons (Fsp3) is 0.842. The molecule has 0 radical (unpaired) electrons. The van der Waals surface area contributed by atoms with Gasteiger partial charge in [-0.3, -0.25) is 4.79 Å². The third-order valence-corrected chi connectivity index (χ3v) is 6.08. The van der Waals surface area contributed by atoms with Gasteiger partial charge in [-0.1, -0.05) is 45.1 Å². The topological polar surface area (TPSA) is 44.4 Å². The third kappa shape index (κ3) is 4.65. The number of likely N-dealkylation sites (tertiary alicyclic amines) is 1. The van der Waals surface area contributed by atoms with E-state index < -0.39 is 0 Å². The van der Waals surface area contributed by atoms with Crippen LogP contribution in [0.15, 0.2) is 12.4 Å². The molecule has 0 aromatic rings. The van der Waals surface area contributed by atoms with Crippen LogP contribution >= 0.6 is 0 Å². The highest BCUT2D eigenvalue weighted by Gasteiger charge is 2.32. The normalized spacial score (nSPS) is 28.8. The van der Waals surface area contributed by atoms with Gasteiger partial charge >= 0.3 is 0 Å². The predicted octanol–water partition coefficient (Wildman–Crippen LogP) is 3.01. The molecule has 1 amide bonds. The average Bonchev–Trinajstić information content (AvgIpc) is 2.60. The molecule has 2 aliphatic carbocycles. The molecule has 1 saturated heterocycles. The van der Waals surface area contributed by atoms with Gasteiger partial charge in [0.2, 0.25) is 5.91 Å². The van der Waals surface area contributed by atoms with Crippen LogP contribution in [-0.2, 0) is 4.79 Å². The summed E-state index contributed by atoms with van der Waals surface area (Å²) in [7, 11) is 0. The van der Waals surface area contributed by atoms with Crippen LogP contribution in [0, 0.1) is 11.8 Å². The summed E-state index contributed by atoms with van der Waals surface area (Å²) in [5.74, 6) is 2.69. The van der Waals surface area contributed by atoms with E-state index in [0.29, 0.717) is 12.6 Å². The smallest absolute Gasteiger partial charge is 0.241 e. The number of rotatable bonds is 5. The van der Waals surface area contributed by atoms with Crippen molar-refractivity contribution in [3.8, 4) is 0 Å². The first-order valence-electron chi connectivity index (χ1n) is 9.69. The summed E-state index contributed by atoms with van der Waals surface area (Å²) in [6, 6.07) is 0.539. The third-order valence-electron chi connectivity index (χ3n) is 6.08. The Hall–Kier alpha value is -1.19. The monoisotopic (exact) mass is 319 g/mol. The molecule has 0 bridgehead atoms. The molecule has 4 nitrogen and oxygen atoms in total. The van der Waals surface area contributed by atoms with Gasteiger partial charge in [-0.25, -0.2) is 0 Å². The lowest BCUT2D eigenvalue weighted by Crippen LogP contribution is -2.48. The highest BCUT2D eigenvalue weighted by molar-refractivity contribution is 5.78. The molecule has 1 aliphatic heterocycles. The lowest BCUT2D eigenvalue weighted by atomic mass is 9.75. The predicted molar refractivity (Wildman–Crippen MR) is 93.8 cm³/mol. The Morgan fingerprint density at radius 1 is 0.957 bits per heavy atom. The molecule has 130 valence electrons. The maximum Gasteiger partial charge on any atom is 0.241 e. The van der Waals surface area contributed by atoms with Crippen molar-refractivity contribution in [3.05, 3.63) is 12.4 Å². The second kappa shape index (κ2) is 8.07. The number of hydrogen-bond acceptors (Lipinski definition) is 3. The summed E-state index contributed by atoms with van der Waals surface area (Å²) >= 11 is 0. The number of nitrogens with one attached hydrogen (secondary N) is 2. The first-order valence-corrected chi connectivity index (χ1v) is 9.69. The SMILES string of the molecule is C=C(NCC(=O)N1CCC2CCCCC2C1)NC1CCCCC1. The van der Waals surface area contributed by atoms with E-state index in [1.54, 1.807) is 0 Å². The van der Waals surface area contributed by atoms with E-state index in [1.807, 2.05) is 0 Å². The largest absolute Gasteiger partial charge is 0.370 e. The van der Waals surface area contributed by atoms with E-state index in [-0.39, 0.29) is 5.91 Å². The van der Waals surface area contributed by atoms with Crippen LogP contribution in [0.25, 0.3) is 0 Å². The van der Waals surface area contributed by atoms with E-state index in [1.165, 1.54) is 64.2 Å². The number of carbonyl (C=O) groups is 1. The lowest BCUT2D eigenvalue weighted by Gasteiger charge is -2.41. The number of carbonyl (C=O) groups excluding carboxylic acids is 1. The van der Waals surface area contributed by atoms with Gasteiger partial charge in [0.1, 0.15) is 0 Å². The van der Waals surface area contributed by atoms with Gasteiger partial charge in [0.15, 0.2) is 0 Å². The van der Waals surface area contributed by atoms with Crippen LogP contribution < -0.4 is 10.6 Å². The van der Waals surface area contributed by atoms with Crippen LogP contribution in [0.5, 0.6) is 0 Å². The summed E-state index contributed by atoms with van der Waals surface area (Å²) in [4.78, 5) is 14.5. The number of amides is 1. The van der Waals surface area contributed by atoms with E-state index in [0.717, 1.165) is 30.7 Å². The van der Waals surface area contributed by atoms with Crippen molar-refractivity contribution in [1.82, 2.24) is 15.5 Å². The molecule has 0 spiro atoms. The average molecular weight is 319 g/mol. The molecule has 0 aromatic heterocycles. The molecular formula is C19H33N3O. The first kappa shape index (κ1) is 16.7. The Labute approximate surface area is 141 Å². The Morgan fingerprint density at radius 3 is 2.43 bits per heavy atom. The zero-order valence-electron chi connectivity index (χ0n) is 14.5. The minimum absolute atomic E-state index is 0.237. The Morgan fingerprint density at radius 2 is 1.65 bits per heavy atom. The van der Waals surface area contributed by atoms with Crippen molar-refractivity contribution in [3.63, 3.8) is 0 Å². The van der Waals surface area contributed by atoms with Crippen molar-refractivity contribution >= 4 is 5.91 Å². The molecule has 2 unspecified atom stereocenters. The second-order valence-corrected chi connectivity index (χ2v) is 7.74. The van der Waals surface area contributed by atoms with Crippen LogP contribution in [-0.4, -0.2) is 36.5 Å². The highest BCUT2D eigenvalue weighted by Crippen LogP contribution is 2.35. The fourth-order valence-corrected chi connectivity index (χ4v) is 4.67. The van der Waals surface area contributed by atoms with Crippen molar-refractivity contribution in [2.24, 2.45) is 11.8 Å². The molecule has 23 heavy (non-hydrogen) atoms. The molecule has 3 rings (SSSR count). The van der Waals surface area contributed by atoms with Crippen molar-refractivity contribution in [1.29, 1.82) is 0 Å². The zero-order chi connectivity index (χ0) is 16.1.